The number of aromatic nitrogens is 2. The predicted molar refractivity (Wildman–Crippen MR) is 98.0 cm³/mol. The Kier molecular flexibility index (Phi) is 6.06. The van der Waals surface area contributed by atoms with Crippen LogP contribution in [0.5, 0.6) is 11.5 Å². The van der Waals surface area contributed by atoms with Gasteiger partial charge in [-0.3, -0.25) is 0 Å². The van der Waals surface area contributed by atoms with E-state index in [1.54, 1.807) is 12.1 Å². The SMILES string of the molecule is COc1cc(-c2noc(COC(=O)c3cccc(C)c3C)n2)ccc1OC(F)F. The van der Waals surface area contributed by atoms with Crippen molar-refractivity contribution in [1.29, 1.82) is 0 Å². The summed E-state index contributed by atoms with van der Waals surface area (Å²) in [6.07, 6.45) is 0. The summed E-state index contributed by atoms with van der Waals surface area (Å²) in [4.78, 5) is 16.4. The molecule has 1 aromatic heterocycles. The number of methoxy groups -OCH3 is 1. The molecule has 0 saturated carbocycles. The van der Waals surface area contributed by atoms with E-state index in [0.29, 0.717) is 11.1 Å². The van der Waals surface area contributed by atoms with Gasteiger partial charge in [-0.15, -0.1) is 0 Å². The van der Waals surface area contributed by atoms with E-state index < -0.39 is 12.6 Å². The summed E-state index contributed by atoms with van der Waals surface area (Å²) in [5, 5.41) is 3.81. The van der Waals surface area contributed by atoms with Crippen LogP contribution in [0.2, 0.25) is 0 Å². The Hall–Kier alpha value is -3.49. The summed E-state index contributed by atoms with van der Waals surface area (Å²) >= 11 is 0. The second-order valence-corrected chi connectivity index (χ2v) is 6.08. The van der Waals surface area contributed by atoms with E-state index in [1.165, 1.54) is 25.3 Å². The summed E-state index contributed by atoms with van der Waals surface area (Å²) in [6, 6.07) is 9.60. The first-order chi connectivity index (χ1) is 13.9. The number of rotatable bonds is 7. The maximum atomic E-state index is 12.4. The molecule has 0 aliphatic rings. The molecule has 7 nitrogen and oxygen atoms in total. The topological polar surface area (TPSA) is 83.7 Å². The lowest BCUT2D eigenvalue weighted by molar-refractivity contribution is -0.0512. The molecule has 0 aliphatic heterocycles. The van der Waals surface area contributed by atoms with E-state index in [4.69, 9.17) is 14.0 Å². The van der Waals surface area contributed by atoms with E-state index in [9.17, 15) is 13.6 Å². The van der Waals surface area contributed by atoms with E-state index >= 15 is 0 Å². The molecule has 0 spiro atoms. The number of nitrogens with zero attached hydrogens (tertiary/aromatic N) is 2. The predicted octanol–water partition coefficient (Wildman–Crippen LogP) is 4.32. The van der Waals surface area contributed by atoms with Gasteiger partial charge in [-0.1, -0.05) is 17.3 Å². The third-order valence-corrected chi connectivity index (χ3v) is 4.26. The van der Waals surface area contributed by atoms with E-state index in [1.807, 2.05) is 19.9 Å². The minimum absolute atomic E-state index is 0.0885. The van der Waals surface area contributed by atoms with Gasteiger partial charge in [0, 0.05) is 5.56 Å². The van der Waals surface area contributed by atoms with Crippen molar-refractivity contribution in [1.82, 2.24) is 10.1 Å². The molecule has 0 N–H and O–H groups in total. The molecular formula is C20H18F2N2O5. The van der Waals surface area contributed by atoms with Gasteiger partial charge >= 0.3 is 12.6 Å². The van der Waals surface area contributed by atoms with Crippen molar-refractivity contribution in [3.63, 3.8) is 0 Å². The molecule has 152 valence electrons. The normalized spacial score (nSPS) is 10.8. The van der Waals surface area contributed by atoms with Crippen LogP contribution in [0.1, 0.15) is 27.4 Å². The number of carbonyl (C=O) groups is 1. The first-order valence-electron chi connectivity index (χ1n) is 8.58. The summed E-state index contributed by atoms with van der Waals surface area (Å²) in [5.41, 5.74) is 2.73. The zero-order valence-corrected chi connectivity index (χ0v) is 15.9. The van der Waals surface area contributed by atoms with Gasteiger partial charge in [0.1, 0.15) is 0 Å². The minimum atomic E-state index is -2.97. The molecule has 1 heterocycles. The summed E-state index contributed by atoms with van der Waals surface area (Å²) in [5.74, 6) is -0.246. The standard InChI is InChI=1S/C20H18F2N2O5/c1-11-5-4-6-14(12(11)2)19(25)27-10-17-23-18(24-29-17)13-7-8-15(28-20(21)22)16(9-13)26-3/h4-9,20H,10H2,1-3H3. The molecule has 0 amide bonds. The number of aryl methyl sites for hydroxylation is 1. The molecule has 0 atom stereocenters. The Morgan fingerprint density at radius 2 is 1.97 bits per heavy atom. The molecule has 0 aliphatic carbocycles. The monoisotopic (exact) mass is 404 g/mol. The van der Waals surface area contributed by atoms with Crippen molar-refractivity contribution in [2.75, 3.05) is 7.11 Å². The second-order valence-electron chi connectivity index (χ2n) is 6.08. The van der Waals surface area contributed by atoms with Gasteiger partial charge in [-0.25, -0.2) is 4.79 Å². The molecule has 0 fully saturated rings. The first-order valence-corrected chi connectivity index (χ1v) is 8.58. The van der Waals surface area contributed by atoms with Crippen molar-refractivity contribution in [2.24, 2.45) is 0 Å². The van der Waals surface area contributed by atoms with Gasteiger partial charge in [0.25, 0.3) is 5.89 Å². The highest BCUT2D eigenvalue weighted by atomic mass is 19.3. The van der Waals surface area contributed by atoms with Crippen molar-refractivity contribution in [3.8, 4) is 22.9 Å². The van der Waals surface area contributed by atoms with E-state index in [0.717, 1.165) is 11.1 Å². The van der Waals surface area contributed by atoms with Gasteiger partial charge in [0.2, 0.25) is 5.82 Å². The number of halogens is 2. The molecule has 3 rings (SSSR count). The fourth-order valence-corrected chi connectivity index (χ4v) is 2.61. The van der Waals surface area contributed by atoms with Crippen LogP contribution >= 0.6 is 0 Å². The third kappa shape index (κ3) is 4.68. The smallest absolute Gasteiger partial charge is 0.387 e. The number of benzene rings is 2. The zero-order valence-electron chi connectivity index (χ0n) is 15.9. The van der Waals surface area contributed by atoms with Gasteiger partial charge in [-0.2, -0.15) is 13.8 Å². The maximum absolute atomic E-state index is 12.4. The van der Waals surface area contributed by atoms with Gasteiger partial charge in [-0.05, 0) is 49.2 Å². The summed E-state index contributed by atoms with van der Waals surface area (Å²) < 4.78 is 44.6. The van der Waals surface area contributed by atoms with Crippen LogP contribution in [0.25, 0.3) is 11.4 Å². The molecule has 2 aromatic carbocycles. The summed E-state index contributed by atoms with van der Waals surface area (Å²) in [6.45, 7) is 0.565. The average molecular weight is 404 g/mol. The largest absolute Gasteiger partial charge is 0.493 e. The Bertz CT molecular complexity index is 1020. The van der Waals surface area contributed by atoms with Gasteiger partial charge in [0.15, 0.2) is 18.1 Å². The lowest BCUT2D eigenvalue weighted by Gasteiger charge is -2.10. The third-order valence-electron chi connectivity index (χ3n) is 4.26. The quantitative estimate of drug-likeness (QED) is 0.542. The molecule has 0 saturated heterocycles. The van der Waals surface area contributed by atoms with E-state index in [2.05, 4.69) is 14.9 Å². The second kappa shape index (κ2) is 8.68. The Labute approximate surface area is 165 Å². The number of carbonyl (C=O) groups excluding carboxylic acids is 1. The van der Waals surface area contributed by atoms with Crippen molar-refractivity contribution in [2.45, 2.75) is 27.1 Å². The molecule has 9 heteroatoms. The highest BCUT2D eigenvalue weighted by Gasteiger charge is 2.17. The van der Waals surface area contributed by atoms with Crippen molar-refractivity contribution in [3.05, 3.63) is 59.0 Å². The molecule has 0 unspecified atom stereocenters. The minimum Gasteiger partial charge on any atom is -0.493 e. The molecule has 3 aromatic rings. The zero-order chi connectivity index (χ0) is 21.0. The van der Waals surface area contributed by atoms with Gasteiger partial charge in [0.05, 0.1) is 12.7 Å². The Morgan fingerprint density at radius 3 is 2.69 bits per heavy atom. The van der Waals surface area contributed by atoms with Crippen LogP contribution in [-0.4, -0.2) is 29.8 Å². The lowest BCUT2D eigenvalue weighted by atomic mass is 10.0. The average Bonchev–Trinajstić information content (AvgIpc) is 3.17. The van der Waals surface area contributed by atoms with Crippen LogP contribution in [0.15, 0.2) is 40.9 Å². The van der Waals surface area contributed by atoms with Crippen LogP contribution in [0.3, 0.4) is 0 Å². The number of alkyl halides is 2. The van der Waals surface area contributed by atoms with Crippen LogP contribution in [0, 0.1) is 13.8 Å². The molecule has 29 heavy (non-hydrogen) atoms. The van der Waals surface area contributed by atoms with Crippen LogP contribution < -0.4 is 9.47 Å². The van der Waals surface area contributed by atoms with Gasteiger partial charge < -0.3 is 18.7 Å². The number of hydrogen-bond donors (Lipinski definition) is 0. The molecule has 0 bridgehead atoms. The molecule has 0 radical (unpaired) electrons. The highest BCUT2D eigenvalue weighted by Crippen LogP contribution is 2.32. The highest BCUT2D eigenvalue weighted by molar-refractivity contribution is 5.91. The van der Waals surface area contributed by atoms with Crippen molar-refractivity contribution < 1.29 is 32.3 Å². The number of ether oxygens (including phenoxy) is 3. The van der Waals surface area contributed by atoms with E-state index in [-0.39, 0.29) is 29.8 Å². The Balaban J connectivity index is 1.71. The maximum Gasteiger partial charge on any atom is 0.387 e. The fraction of sp³-hybridized carbons (Fsp3) is 0.250. The summed E-state index contributed by atoms with van der Waals surface area (Å²) in [7, 11) is 1.33. The Morgan fingerprint density at radius 1 is 1.17 bits per heavy atom. The van der Waals surface area contributed by atoms with Crippen molar-refractivity contribution >= 4 is 5.97 Å². The van der Waals surface area contributed by atoms with Crippen LogP contribution in [-0.2, 0) is 11.3 Å². The first kappa shape index (κ1) is 20.2. The van der Waals surface area contributed by atoms with Crippen LogP contribution in [0.4, 0.5) is 8.78 Å². The number of esters is 1. The number of hydrogen-bond acceptors (Lipinski definition) is 7. The lowest BCUT2D eigenvalue weighted by Crippen LogP contribution is -2.08. The molecular weight excluding hydrogens is 386 g/mol. The fourth-order valence-electron chi connectivity index (χ4n) is 2.61.